The van der Waals surface area contributed by atoms with Crippen molar-refractivity contribution in [1.82, 2.24) is 10.2 Å². The van der Waals surface area contributed by atoms with Gasteiger partial charge in [-0.25, -0.2) is 0 Å². The van der Waals surface area contributed by atoms with Crippen LogP contribution in [-0.2, 0) is 17.8 Å². The van der Waals surface area contributed by atoms with E-state index in [1.54, 1.807) is 21.3 Å². The third kappa shape index (κ3) is 4.70. The first kappa shape index (κ1) is 22.5. The summed E-state index contributed by atoms with van der Waals surface area (Å²) in [5.41, 5.74) is 3.66. The molecule has 0 bridgehead atoms. The Morgan fingerprint density at radius 1 is 1.09 bits per heavy atom. The minimum atomic E-state index is 0.0193. The molecule has 1 aliphatic heterocycles. The zero-order valence-electron chi connectivity index (χ0n) is 19.5. The van der Waals surface area contributed by atoms with Gasteiger partial charge in [0.05, 0.1) is 27.4 Å². The number of carbonyl (C=O) groups excluding carboxylic acids is 1. The van der Waals surface area contributed by atoms with E-state index in [1.807, 2.05) is 12.1 Å². The van der Waals surface area contributed by atoms with E-state index in [9.17, 15) is 4.79 Å². The molecule has 1 saturated carbocycles. The molecule has 0 spiro atoms. The van der Waals surface area contributed by atoms with E-state index in [0.29, 0.717) is 0 Å². The molecule has 0 aromatic heterocycles. The van der Waals surface area contributed by atoms with Gasteiger partial charge < -0.3 is 19.5 Å². The van der Waals surface area contributed by atoms with Crippen molar-refractivity contribution in [2.45, 2.75) is 51.2 Å². The summed E-state index contributed by atoms with van der Waals surface area (Å²) in [6.07, 6.45) is 3.78. The molecule has 2 unspecified atom stereocenters. The topological polar surface area (TPSA) is 60.0 Å². The van der Waals surface area contributed by atoms with Gasteiger partial charge in [0, 0.05) is 25.0 Å². The Kier molecular flexibility index (Phi) is 6.89. The van der Waals surface area contributed by atoms with Gasteiger partial charge in [0.15, 0.2) is 11.5 Å². The molecule has 0 saturated heterocycles. The number of nitrogens with zero attached hydrogens (tertiary/aromatic N) is 1. The highest BCUT2D eigenvalue weighted by atomic mass is 16.5. The van der Waals surface area contributed by atoms with Gasteiger partial charge >= 0.3 is 0 Å². The molecule has 4 rings (SSSR count). The Labute approximate surface area is 190 Å². The number of rotatable bonds is 9. The fourth-order valence-electron chi connectivity index (χ4n) is 4.73. The largest absolute Gasteiger partial charge is 0.497 e. The number of ether oxygens (including phenoxy) is 3. The van der Waals surface area contributed by atoms with Crippen LogP contribution in [0.3, 0.4) is 0 Å². The lowest BCUT2D eigenvalue weighted by Gasteiger charge is -2.42. The summed E-state index contributed by atoms with van der Waals surface area (Å²) in [4.78, 5) is 15.2. The Hall–Kier alpha value is -2.73. The summed E-state index contributed by atoms with van der Waals surface area (Å²) >= 11 is 0. The molecule has 2 aromatic carbocycles. The first-order valence-electron chi connectivity index (χ1n) is 11.5. The lowest BCUT2D eigenvalue weighted by Crippen LogP contribution is -2.48. The van der Waals surface area contributed by atoms with Gasteiger partial charge in [-0.2, -0.15) is 0 Å². The third-order valence-electron chi connectivity index (χ3n) is 6.64. The van der Waals surface area contributed by atoms with Gasteiger partial charge in [-0.1, -0.05) is 19.1 Å². The summed E-state index contributed by atoms with van der Waals surface area (Å²) in [6, 6.07) is 12.5. The predicted molar refractivity (Wildman–Crippen MR) is 124 cm³/mol. The second-order valence-corrected chi connectivity index (χ2v) is 8.72. The molecule has 1 N–H and O–H groups in total. The maximum atomic E-state index is 12.7. The molecule has 6 heteroatoms. The highest BCUT2D eigenvalue weighted by molar-refractivity contribution is 5.81. The van der Waals surface area contributed by atoms with E-state index in [-0.39, 0.29) is 23.9 Å². The van der Waals surface area contributed by atoms with Crippen LogP contribution < -0.4 is 19.5 Å². The average Bonchev–Trinajstić information content (AvgIpc) is 3.67. The predicted octanol–water partition coefficient (Wildman–Crippen LogP) is 4.12. The molecule has 32 heavy (non-hydrogen) atoms. The summed E-state index contributed by atoms with van der Waals surface area (Å²) in [6.45, 7) is 3.84. The van der Waals surface area contributed by atoms with Crippen LogP contribution in [0.15, 0.2) is 36.4 Å². The average molecular weight is 439 g/mol. The van der Waals surface area contributed by atoms with E-state index in [2.05, 4.69) is 41.4 Å². The number of hydrogen-bond acceptors (Lipinski definition) is 5. The van der Waals surface area contributed by atoms with Crippen molar-refractivity contribution in [3.63, 3.8) is 0 Å². The van der Waals surface area contributed by atoms with Gasteiger partial charge in [-0.3, -0.25) is 9.69 Å². The minimum absolute atomic E-state index is 0.0193. The Bertz CT molecular complexity index is 957. The van der Waals surface area contributed by atoms with Crippen LogP contribution in [-0.4, -0.2) is 44.7 Å². The van der Waals surface area contributed by atoms with E-state index >= 15 is 0 Å². The quantitative estimate of drug-likeness (QED) is 0.638. The van der Waals surface area contributed by atoms with Gasteiger partial charge in [0.25, 0.3) is 0 Å². The van der Waals surface area contributed by atoms with E-state index in [0.717, 1.165) is 56.0 Å². The van der Waals surface area contributed by atoms with Gasteiger partial charge in [0.2, 0.25) is 5.91 Å². The lowest BCUT2D eigenvalue weighted by atomic mass is 9.86. The summed E-state index contributed by atoms with van der Waals surface area (Å²) < 4.78 is 16.6. The van der Waals surface area contributed by atoms with Crippen molar-refractivity contribution in [1.29, 1.82) is 0 Å². The smallest absolute Gasteiger partial charge is 0.223 e. The highest BCUT2D eigenvalue weighted by Gasteiger charge is 2.37. The van der Waals surface area contributed by atoms with Crippen LogP contribution in [0.5, 0.6) is 17.2 Å². The molecule has 1 heterocycles. The first-order valence-corrected chi connectivity index (χ1v) is 11.5. The van der Waals surface area contributed by atoms with Crippen molar-refractivity contribution >= 4 is 5.91 Å². The van der Waals surface area contributed by atoms with Crippen LogP contribution in [0.4, 0.5) is 0 Å². The van der Waals surface area contributed by atoms with Gasteiger partial charge in [-0.15, -0.1) is 0 Å². The molecule has 6 nitrogen and oxygen atoms in total. The number of benzene rings is 2. The van der Waals surface area contributed by atoms with Crippen molar-refractivity contribution in [3.05, 3.63) is 53.1 Å². The van der Waals surface area contributed by atoms with Crippen LogP contribution in [0.25, 0.3) is 0 Å². The van der Waals surface area contributed by atoms with Crippen LogP contribution >= 0.6 is 0 Å². The number of hydrogen-bond donors (Lipinski definition) is 1. The van der Waals surface area contributed by atoms with Crippen molar-refractivity contribution in [2.24, 2.45) is 5.92 Å². The third-order valence-corrected chi connectivity index (χ3v) is 6.64. The fraction of sp³-hybridized carbons (Fsp3) is 0.500. The van der Waals surface area contributed by atoms with Crippen molar-refractivity contribution in [3.8, 4) is 17.2 Å². The molecule has 1 fully saturated rings. The minimum Gasteiger partial charge on any atom is -0.497 e. The molecule has 2 aromatic rings. The molecule has 172 valence electrons. The molecule has 0 radical (unpaired) electrons. The Morgan fingerprint density at radius 3 is 2.50 bits per heavy atom. The van der Waals surface area contributed by atoms with E-state index in [4.69, 9.17) is 14.2 Å². The molecule has 1 amide bonds. The molecule has 2 atom stereocenters. The van der Waals surface area contributed by atoms with Crippen LogP contribution in [0.2, 0.25) is 0 Å². The number of carbonyl (C=O) groups is 1. The Balaban J connectivity index is 1.70. The Morgan fingerprint density at radius 2 is 1.84 bits per heavy atom. The van der Waals surface area contributed by atoms with Crippen molar-refractivity contribution < 1.29 is 19.0 Å². The van der Waals surface area contributed by atoms with Crippen molar-refractivity contribution in [2.75, 3.05) is 27.9 Å². The van der Waals surface area contributed by atoms with Crippen LogP contribution in [0.1, 0.15) is 48.9 Å². The van der Waals surface area contributed by atoms with E-state index < -0.39 is 0 Å². The number of fused-ring (bicyclic) bond motifs is 1. The normalized spacial score (nSPS) is 19.1. The SMILES string of the molecule is CCC(NC(=O)C1CC1)C1c2cc(OC)c(OC)cc2CCN1Cc1cccc(OC)c1. The molecular weight excluding hydrogens is 404 g/mol. The fourth-order valence-corrected chi connectivity index (χ4v) is 4.73. The second kappa shape index (κ2) is 9.82. The van der Waals surface area contributed by atoms with Gasteiger partial charge in [-0.05, 0) is 66.6 Å². The standard InChI is InChI=1S/C26H34N2O4/c1-5-22(27-26(29)18-9-10-18)25-21-15-24(32-4)23(31-3)14-19(21)11-12-28(25)16-17-7-6-8-20(13-17)30-2/h6-8,13-15,18,22,25H,5,9-12,16H2,1-4H3,(H,27,29). The number of nitrogens with one attached hydrogen (secondary N) is 1. The lowest BCUT2D eigenvalue weighted by molar-refractivity contribution is -0.123. The first-order chi connectivity index (χ1) is 15.6. The highest BCUT2D eigenvalue weighted by Crippen LogP contribution is 2.41. The summed E-state index contributed by atoms with van der Waals surface area (Å²) in [7, 11) is 5.03. The molecule has 1 aliphatic carbocycles. The molecule has 2 aliphatic rings. The summed E-state index contributed by atoms with van der Waals surface area (Å²) in [5, 5.41) is 3.37. The maximum Gasteiger partial charge on any atom is 0.223 e. The molecular formula is C26H34N2O4. The number of methoxy groups -OCH3 is 3. The summed E-state index contributed by atoms with van der Waals surface area (Å²) in [5.74, 6) is 2.70. The monoisotopic (exact) mass is 438 g/mol. The maximum absolute atomic E-state index is 12.7. The zero-order valence-corrected chi connectivity index (χ0v) is 19.5. The number of amides is 1. The van der Waals surface area contributed by atoms with Gasteiger partial charge in [0.1, 0.15) is 5.75 Å². The second-order valence-electron chi connectivity index (χ2n) is 8.72. The van der Waals surface area contributed by atoms with E-state index in [1.165, 1.54) is 16.7 Å². The van der Waals surface area contributed by atoms with Crippen LogP contribution in [0, 0.1) is 5.92 Å². The zero-order chi connectivity index (χ0) is 22.7.